The van der Waals surface area contributed by atoms with Crippen LogP contribution in [0.1, 0.15) is 11.6 Å². The van der Waals surface area contributed by atoms with Crippen molar-refractivity contribution in [1.29, 1.82) is 0 Å². The van der Waals surface area contributed by atoms with Crippen LogP contribution in [0, 0.1) is 0 Å². The Bertz CT molecular complexity index is 1020. The fraction of sp³-hybridized carbons (Fsp3) is 0.412. The van der Waals surface area contributed by atoms with Crippen molar-refractivity contribution < 1.29 is 9.53 Å². The molecule has 11 heteroatoms. The normalized spacial score (nSPS) is 15.0. The third-order valence-corrected chi connectivity index (χ3v) is 4.48. The third kappa shape index (κ3) is 4.21. The summed E-state index contributed by atoms with van der Waals surface area (Å²) in [6, 6.07) is 7.05. The Labute approximate surface area is 159 Å². The predicted octanol–water partition coefficient (Wildman–Crippen LogP) is -0.942. The Kier molecular flexibility index (Phi) is 5.35. The number of amides is 1. The van der Waals surface area contributed by atoms with Gasteiger partial charge in [0.25, 0.3) is 5.56 Å². The van der Waals surface area contributed by atoms with Gasteiger partial charge in [-0.3, -0.25) is 14.5 Å². The zero-order valence-corrected chi connectivity index (χ0v) is 15.2. The van der Waals surface area contributed by atoms with Crippen molar-refractivity contribution >= 4 is 16.8 Å². The highest BCUT2D eigenvalue weighted by atomic mass is 16.5. The number of hydrogen-bond donors (Lipinski definition) is 2. The van der Waals surface area contributed by atoms with Crippen LogP contribution in [0.2, 0.25) is 0 Å². The van der Waals surface area contributed by atoms with E-state index in [0.717, 1.165) is 13.1 Å². The SMILES string of the molecule is O=C(Cn1nnnc1CN1CCOCC1)NCc1nc2ccccc2c(=O)[nH]1. The molecule has 0 radical (unpaired) electrons. The minimum atomic E-state index is -0.272. The van der Waals surface area contributed by atoms with Gasteiger partial charge in [0.2, 0.25) is 5.91 Å². The van der Waals surface area contributed by atoms with Gasteiger partial charge in [-0.1, -0.05) is 12.1 Å². The summed E-state index contributed by atoms with van der Waals surface area (Å²) in [5, 5.41) is 14.8. The molecule has 11 nitrogen and oxygen atoms in total. The van der Waals surface area contributed by atoms with Gasteiger partial charge in [-0.15, -0.1) is 5.10 Å². The van der Waals surface area contributed by atoms with E-state index in [1.807, 2.05) is 6.07 Å². The van der Waals surface area contributed by atoms with Crippen molar-refractivity contribution in [3.63, 3.8) is 0 Å². The second-order valence-electron chi connectivity index (χ2n) is 6.45. The van der Waals surface area contributed by atoms with E-state index in [1.54, 1.807) is 18.2 Å². The Morgan fingerprint density at radius 3 is 2.93 bits per heavy atom. The number of hydrogen-bond acceptors (Lipinski definition) is 8. The van der Waals surface area contributed by atoms with Gasteiger partial charge in [-0.05, 0) is 22.6 Å². The second-order valence-corrected chi connectivity index (χ2v) is 6.45. The van der Waals surface area contributed by atoms with Gasteiger partial charge < -0.3 is 15.0 Å². The molecule has 4 rings (SSSR count). The maximum absolute atomic E-state index is 12.3. The molecular formula is C17H20N8O3. The van der Waals surface area contributed by atoms with Gasteiger partial charge in [0.15, 0.2) is 5.82 Å². The molecule has 2 aromatic heterocycles. The number of ether oxygens (including phenoxy) is 1. The number of nitrogens with one attached hydrogen (secondary N) is 2. The maximum atomic E-state index is 12.3. The average molecular weight is 384 g/mol. The lowest BCUT2D eigenvalue weighted by atomic mass is 10.2. The highest BCUT2D eigenvalue weighted by Crippen LogP contribution is 2.06. The number of para-hydroxylation sites is 1. The number of fused-ring (bicyclic) bond motifs is 1. The summed E-state index contributed by atoms with van der Waals surface area (Å²) in [6.45, 7) is 3.63. The number of morpholine rings is 1. The molecule has 1 aliphatic heterocycles. The molecule has 1 aromatic carbocycles. The molecule has 1 amide bonds. The Morgan fingerprint density at radius 1 is 1.25 bits per heavy atom. The highest BCUT2D eigenvalue weighted by molar-refractivity contribution is 5.77. The number of rotatable bonds is 6. The lowest BCUT2D eigenvalue weighted by Crippen LogP contribution is -2.37. The van der Waals surface area contributed by atoms with Crippen molar-refractivity contribution in [3.05, 3.63) is 46.3 Å². The summed E-state index contributed by atoms with van der Waals surface area (Å²) in [5.74, 6) is 0.739. The van der Waals surface area contributed by atoms with Crippen LogP contribution < -0.4 is 10.9 Å². The first kappa shape index (κ1) is 18.2. The minimum Gasteiger partial charge on any atom is -0.379 e. The summed E-state index contributed by atoms with van der Waals surface area (Å²) in [6.07, 6.45) is 0. The molecule has 0 bridgehead atoms. The molecule has 0 spiro atoms. The van der Waals surface area contributed by atoms with Crippen LogP contribution in [0.4, 0.5) is 0 Å². The van der Waals surface area contributed by atoms with Crippen molar-refractivity contribution in [2.45, 2.75) is 19.6 Å². The first-order chi connectivity index (χ1) is 13.7. The molecule has 1 fully saturated rings. The lowest BCUT2D eigenvalue weighted by Gasteiger charge is -2.25. The fourth-order valence-corrected chi connectivity index (χ4v) is 3.01. The molecule has 146 valence electrons. The number of H-pyrrole nitrogens is 1. The molecule has 0 unspecified atom stereocenters. The highest BCUT2D eigenvalue weighted by Gasteiger charge is 2.16. The van der Waals surface area contributed by atoms with Crippen LogP contribution in [0.15, 0.2) is 29.1 Å². The minimum absolute atomic E-state index is 0.00944. The smallest absolute Gasteiger partial charge is 0.258 e. The van der Waals surface area contributed by atoms with Crippen LogP contribution >= 0.6 is 0 Å². The van der Waals surface area contributed by atoms with E-state index < -0.39 is 0 Å². The van der Waals surface area contributed by atoms with Crippen molar-refractivity contribution in [1.82, 2.24) is 40.4 Å². The number of carbonyl (C=O) groups is 1. The van der Waals surface area contributed by atoms with Gasteiger partial charge in [0.1, 0.15) is 12.4 Å². The summed E-state index contributed by atoms with van der Waals surface area (Å²) >= 11 is 0. The number of aromatic nitrogens is 6. The zero-order valence-electron chi connectivity index (χ0n) is 15.2. The van der Waals surface area contributed by atoms with E-state index in [1.165, 1.54) is 4.68 Å². The monoisotopic (exact) mass is 384 g/mol. The summed E-state index contributed by atoms with van der Waals surface area (Å²) in [5.41, 5.74) is 0.354. The van der Waals surface area contributed by atoms with Crippen molar-refractivity contribution in [3.8, 4) is 0 Å². The third-order valence-electron chi connectivity index (χ3n) is 4.48. The van der Waals surface area contributed by atoms with Gasteiger partial charge in [0, 0.05) is 13.1 Å². The maximum Gasteiger partial charge on any atom is 0.258 e. The molecule has 3 heterocycles. The summed E-state index contributed by atoms with van der Waals surface area (Å²) in [4.78, 5) is 33.6. The quantitative estimate of drug-likeness (QED) is 0.557. The van der Waals surface area contributed by atoms with Gasteiger partial charge in [-0.25, -0.2) is 9.67 Å². The van der Waals surface area contributed by atoms with E-state index in [0.29, 0.717) is 42.3 Å². The summed E-state index contributed by atoms with van der Waals surface area (Å²) in [7, 11) is 0. The standard InChI is InChI=1S/C17H20N8O3/c26-16(11-25-15(21-22-23-25)10-24-5-7-28-8-6-24)18-9-14-19-13-4-2-1-3-12(13)17(27)20-14/h1-4H,5-11H2,(H,18,26)(H,19,20,27). The van der Waals surface area contributed by atoms with E-state index in [-0.39, 0.29) is 24.6 Å². The first-order valence-electron chi connectivity index (χ1n) is 8.99. The van der Waals surface area contributed by atoms with Crippen LogP contribution in [0.3, 0.4) is 0 Å². The van der Waals surface area contributed by atoms with E-state index in [4.69, 9.17) is 4.74 Å². The molecular weight excluding hydrogens is 364 g/mol. The van der Waals surface area contributed by atoms with Gasteiger partial charge in [-0.2, -0.15) is 0 Å². The molecule has 0 atom stereocenters. The largest absolute Gasteiger partial charge is 0.379 e. The Morgan fingerprint density at radius 2 is 2.07 bits per heavy atom. The first-order valence-corrected chi connectivity index (χ1v) is 8.99. The molecule has 1 saturated heterocycles. The van der Waals surface area contributed by atoms with E-state index >= 15 is 0 Å². The summed E-state index contributed by atoms with van der Waals surface area (Å²) < 4.78 is 6.80. The fourth-order valence-electron chi connectivity index (χ4n) is 3.01. The van der Waals surface area contributed by atoms with Crippen LogP contribution in [0.25, 0.3) is 10.9 Å². The Hall–Kier alpha value is -3.18. The molecule has 1 aliphatic rings. The Balaban J connectivity index is 1.36. The number of carbonyl (C=O) groups excluding carboxylic acids is 1. The molecule has 0 aliphatic carbocycles. The topological polar surface area (TPSA) is 131 Å². The van der Waals surface area contributed by atoms with Crippen molar-refractivity contribution in [2.75, 3.05) is 26.3 Å². The zero-order chi connectivity index (χ0) is 19.3. The lowest BCUT2D eigenvalue weighted by molar-refractivity contribution is -0.122. The molecule has 28 heavy (non-hydrogen) atoms. The van der Waals surface area contributed by atoms with Gasteiger partial charge >= 0.3 is 0 Å². The number of tetrazole rings is 1. The van der Waals surface area contributed by atoms with Crippen LogP contribution in [0.5, 0.6) is 0 Å². The molecule has 3 aromatic rings. The van der Waals surface area contributed by atoms with E-state index in [9.17, 15) is 9.59 Å². The van der Waals surface area contributed by atoms with Gasteiger partial charge in [0.05, 0.1) is 37.2 Å². The molecule has 0 saturated carbocycles. The predicted molar refractivity (Wildman–Crippen MR) is 98.1 cm³/mol. The average Bonchev–Trinajstić information content (AvgIpc) is 3.14. The van der Waals surface area contributed by atoms with E-state index in [2.05, 4.69) is 35.7 Å². The second kappa shape index (κ2) is 8.23. The van der Waals surface area contributed by atoms with Crippen molar-refractivity contribution in [2.24, 2.45) is 0 Å². The molecule has 2 N–H and O–H groups in total. The van der Waals surface area contributed by atoms with Crippen LogP contribution in [-0.4, -0.2) is 67.3 Å². The van der Waals surface area contributed by atoms with Crippen LogP contribution in [-0.2, 0) is 29.2 Å². The number of nitrogens with zero attached hydrogens (tertiary/aromatic N) is 6. The number of aromatic amines is 1. The number of benzene rings is 1.